The van der Waals surface area contributed by atoms with E-state index in [1.807, 2.05) is 27.7 Å². The molecular formula is C21H29N3O4S. The minimum atomic E-state index is -3.69. The molecule has 7 nitrogen and oxygen atoms in total. The Kier molecular flexibility index (Phi) is 6.26. The molecule has 1 aliphatic heterocycles. The molecule has 1 aromatic carbocycles. The molecule has 0 spiro atoms. The second-order valence-corrected chi connectivity index (χ2v) is 10.4. The second-order valence-electron chi connectivity index (χ2n) is 8.48. The van der Waals surface area contributed by atoms with Crippen molar-refractivity contribution < 1.29 is 17.9 Å². The van der Waals surface area contributed by atoms with Crippen molar-refractivity contribution in [2.45, 2.75) is 63.1 Å². The fourth-order valence-electron chi connectivity index (χ4n) is 3.54. The first-order valence-electron chi connectivity index (χ1n) is 9.90. The monoisotopic (exact) mass is 419 g/mol. The Labute approximate surface area is 172 Å². The lowest BCUT2D eigenvalue weighted by Crippen LogP contribution is -2.50. The number of rotatable bonds is 3. The molecule has 1 saturated heterocycles. The van der Waals surface area contributed by atoms with Crippen LogP contribution in [-0.4, -0.2) is 54.5 Å². The number of benzene rings is 1. The number of esters is 1. The first-order chi connectivity index (χ1) is 13.6. The van der Waals surface area contributed by atoms with Gasteiger partial charge in [-0.05, 0) is 70.7 Å². The molecule has 1 aliphatic rings. The van der Waals surface area contributed by atoms with Gasteiger partial charge in [-0.25, -0.2) is 8.42 Å². The summed E-state index contributed by atoms with van der Waals surface area (Å²) in [6, 6.07) is 5.99. The largest absolute Gasteiger partial charge is 0.459 e. The van der Waals surface area contributed by atoms with Gasteiger partial charge in [-0.2, -0.15) is 4.31 Å². The number of nitrogens with one attached hydrogen (secondary N) is 1. The van der Waals surface area contributed by atoms with Gasteiger partial charge in [0.2, 0.25) is 10.0 Å². The Morgan fingerprint density at radius 1 is 1.24 bits per heavy atom. The van der Waals surface area contributed by atoms with Crippen LogP contribution < -0.4 is 5.32 Å². The summed E-state index contributed by atoms with van der Waals surface area (Å²) in [6.45, 7) is 8.25. The van der Waals surface area contributed by atoms with E-state index in [9.17, 15) is 13.2 Å². The number of hydrogen-bond donors (Lipinski definition) is 1. The molecule has 2 atom stereocenters. The van der Waals surface area contributed by atoms with Crippen LogP contribution >= 0.6 is 0 Å². The van der Waals surface area contributed by atoms with Crippen molar-refractivity contribution in [1.29, 1.82) is 0 Å². The van der Waals surface area contributed by atoms with E-state index in [0.29, 0.717) is 25.9 Å². The van der Waals surface area contributed by atoms with Gasteiger partial charge in [0.05, 0.1) is 4.90 Å². The minimum absolute atomic E-state index is 0.255. The van der Waals surface area contributed by atoms with Gasteiger partial charge in [-0.15, -0.1) is 0 Å². The lowest BCUT2D eigenvalue weighted by atomic mass is 10.1. The average Bonchev–Trinajstić information content (AvgIpc) is 2.62. The zero-order valence-electron chi connectivity index (χ0n) is 17.4. The normalized spacial score (nSPS) is 22.1. The van der Waals surface area contributed by atoms with Crippen molar-refractivity contribution in [1.82, 2.24) is 14.6 Å². The molecular weight excluding hydrogens is 390 g/mol. The molecule has 158 valence electrons. The number of carbonyl (C=O) groups excluding carboxylic acids is 1. The van der Waals surface area contributed by atoms with Crippen molar-refractivity contribution in [3.8, 4) is 0 Å². The van der Waals surface area contributed by atoms with E-state index in [1.54, 1.807) is 36.7 Å². The number of sulfonamides is 1. The highest BCUT2D eigenvalue weighted by molar-refractivity contribution is 7.89. The fraction of sp³-hybridized carbons (Fsp3) is 0.524. The molecule has 0 bridgehead atoms. The number of aromatic nitrogens is 1. The van der Waals surface area contributed by atoms with E-state index in [2.05, 4.69) is 10.3 Å². The molecule has 2 heterocycles. The van der Waals surface area contributed by atoms with Crippen LogP contribution in [0, 0.1) is 0 Å². The van der Waals surface area contributed by atoms with Crippen LogP contribution in [-0.2, 0) is 19.6 Å². The molecule has 0 saturated carbocycles. The van der Waals surface area contributed by atoms with Crippen molar-refractivity contribution in [2.75, 3.05) is 13.1 Å². The maximum Gasteiger partial charge on any atom is 0.323 e. The lowest BCUT2D eigenvalue weighted by Gasteiger charge is -2.34. The predicted molar refractivity (Wildman–Crippen MR) is 112 cm³/mol. The van der Waals surface area contributed by atoms with Crippen LogP contribution in [0.25, 0.3) is 10.8 Å². The molecule has 1 aromatic heterocycles. The van der Waals surface area contributed by atoms with Crippen molar-refractivity contribution in [2.24, 2.45) is 0 Å². The van der Waals surface area contributed by atoms with Gasteiger partial charge in [0.15, 0.2) is 0 Å². The van der Waals surface area contributed by atoms with E-state index in [0.717, 1.165) is 10.8 Å². The van der Waals surface area contributed by atoms with Crippen molar-refractivity contribution in [3.05, 3.63) is 36.7 Å². The molecule has 0 amide bonds. The SMILES string of the molecule is C[C@H]1CC(C(=O)OC(C)(C)C)NCCCN1S(=O)(=O)c1ccc2cnccc2c1. The highest BCUT2D eigenvalue weighted by Gasteiger charge is 2.35. The third-order valence-electron chi connectivity index (χ3n) is 4.92. The first-order valence-corrected chi connectivity index (χ1v) is 11.3. The Balaban J connectivity index is 1.85. The molecule has 0 aliphatic carbocycles. The van der Waals surface area contributed by atoms with Crippen molar-refractivity contribution in [3.63, 3.8) is 0 Å². The van der Waals surface area contributed by atoms with Gasteiger partial charge >= 0.3 is 5.97 Å². The van der Waals surface area contributed by atoms with Crippen LogP contribution in [0.15, 0.2) is 41.6 Å². The summed E-state index contributed by atoms with van der Waals surface area (Å²) in [5, 5.41) is 4.93. The second kappa shape index (κ2) is 8.38. The topological polar surface area (TPSA) is 88.6 Å². The molecule has 1 unspecified atom stereocenters. The van der Waals surface area contributed by atoms with E-state index < -0.39 is 21.7 Å². The molecule has 2 aromatic rings. The Morgan fingerprint density at radius 2 is 2.00 bits per heavy atom. The Bertz CT molecular complexity index is 985. The molecule has 1 N–H and O–H groups in total. The molecule has 0 radical (unpaired) electrons. The van der Waals surface area contributed by atoms with Crippen LogP contribution in [0.2, 0.25) is 0 Å². The first kappa shape index (κ1) is 21.7. The molecule has 8 heteroatoms. The standard InChI is InChI=1S/C21H29N3O4S/c1-15-12-19(20(25)28-21(2,3)4)23-9-5-11-24(15)29(26,27)18-7-6-17-14-22-10-8-16(17)13-18/h6-8,10,13-15,19,23H,5,9,11-12H2,1-4H3/t15-,19?/m0/s1. The smallest absolute Gasteiger partial charge is 0.323 e. The summed E-state index contributed by atoms with van der Waals surface area (Å²) < 4.78 is 33.8. The molecule has 1 fully saturated rings. The highest BCUT2D eigenvalue weighted by Crippen LogP contribution is 2.25. The zero-order chi connectivity index (χ0) is 21.2. The van der Waals surface area contributed by atoms with Crippen LogP contribution in [0.5, 0.6) is 0 Å². The summed E-state index contributed by atoms with van der Waals surface area (Å²) in [5.41, 5.74) is -0.587. The van der Waals surface area contributed by atoms with Gasteiger partial charge in [0.1, 0.15) is 11.6 Å². The van der Waals surface area contributed by atoms with E-state index in [1.165, 1.54) is 4.31 Å². The molecule has 3 rings (SSSR count). The van der Waals surface area contributed by atoms with Gasteiger partial charge < -0.3 is 10.1 Å². The Morgan fingerprint density at radius 3 is 2.72 bits per heavy atom. The number of hydrogen-bond acceptors (Lipinski definition) is 6. The summed E-state index contributed by atoms with van der Waals surface area (Å²) in [7, 11) is -3.69. The summed E-state index contributed by atoms with van der Waals surface area (Å²) >= 11 is 0. The van der Waals surface area contributed by atoms with E-state index in [-0.39, 0.29) is 16.9 Å². The maximum atomic E-state index is 13.4. The average molecular weight is 420 g/mol. The number of fused-ring (bicyclic) bond motifs is 1. The fourth-order valence-corrected chi connectivity index (χ4v) is 5.26. The van der Waals surface area contributed by atoms with Crippen LogP contribution in [0.3, 0.4) is 0 Å². The van der Waals surface area contributed by atoms with Gasteiger partial charge in [0, 0.05) is 30.4 Å². The number of carbonyl (C=O) groups is 1. The van der Waals surface area contributed by atoms with E-state index >= 15 is 0 Å². The summed E-state index contributed by atoms with van der Waals surface area (Å²) in [6.07, 6.45) is 4.32. The van der Waals surface area contributed by atoms with Crippen LogP contribution in [0.4, 0.5) is 0 Å². The third kappa shape index (κ3) is 5.12. The van der Waals surface area contributed by atoms with Crippen LogP contribution in [0.1, 0.15) is 40.5 Å². The zero-order valence-corrected chi connectivity index (χ0v) is 18.2. The third-order valence-corrected chi connectivity index (χ3v) is 6.93. The van der Waals surface area contributed by atoms with Gasteiger partial charge in [-0.1, -0.05) is 6.07 Å². The van der Waals surface area contributed by atoms with Gasteiger partial charge in [-0.3, -0.25) is 9.78 Å². The lowest BCUT2D eigenvalue weighted by molar-refractivity contribution is -0.158. The number of pyridine rings is 1. The highest BCUT2D eigenvalue weighted by atomic mass is 32.2. The maximum absolute atomic E-state index is 13.4. The summed E-state index contributed by atoms with van der Waals surface area (Å²) in [5.74, 6) is -0.346. The minimum Gasteiger partial charge on any atom is -0.459 e. The summed E-state index contributed by atoms with van der Waals surface area (Å²) in [4.78, 5) is 16.9. The molecule has 29 heavy (non-hydrogen) atoms. The van der Waals surface area contributed by atoms with E-state index in [4.69, 9.17) is 4.74 Å². The quantitative estimate of drug-likeness (QED) is 0.770. The predicted octanol–water partition coefficient (Wildman–Crippen LogP) is 2.71. The number of ether oxygens (including phenoxy) is 1. The van der Waals surface area contributed by atoms with Crippen molar-refractivity contribution >= 4 is 26.8 Å². The number of nitrogens with zero attached hydrogens (tertiary/aromatic N) is 2. The Hall–Kier alpha value is -2.03. The van der Waals surface area contributed by atoms with Gasteiger partial charge in [0.25, 0.3) is 0 Å².